The number of carbonyl (C=O) groups is 3. The van der Waals surface area contributed by atoms with Crippen LogP contribution >= 0.6 is 0 Å². The number of aliphatic hydroxyl groups excluding tert-OH is 1. The molecule has 0 heterocycles. The van der Waals surface area contributed by atoms with Crippen LogP contribution in [-0.2, 0) is 9.59 Å². The fourth-order valence-corrected chi connectivity index (χ4v) is 1.44. The fourth-order valence-electron chi connectivity index (χ4n) is 1.44. The molecule has 8 nitrogen and oxygen atoms in total. The Labute approximate surface area is 111 Å². The molecule has 0 fully saturated rings. The number of urea groups is 1. The van der Waals surface area contributed by atoms with Gasteiger partial charge in [-0.3, -0.25) is 4.79 Å². The van der Waals surface area contributed by atoms with Crippen molar-refractivity contribution in [1.29, 1.82) is 0 Å². The maximum atomic E-state index is 11.9. The van der Waals surface area contributed by atoms with Crippen molar-refractivity contribution >= 4 is 18.0 Å². The van der Waals surface area contributed by atoms with Crippen LogP contribution in [0, 0.1) is 0 Å². The SMILES string of the molecule is CC(C)N(CCCO)C(=O)N[C@@H](CC(=O)O)C(=O)O. The third kappa shape index (κ3) is 6.61. The topological polar surface area (TPSA) is 127 Å². The number of nitrogens with zero attached hydrogens (tertiary/aromatic N) is 1. The Kier molecular flexibility index (Phi) is 7.50. The van der Waals surface area contributed by atoms with Crippen molar-refractivity contribution < 1.29 is 29.7 Å². The van der Waals surface area contributed by atoms with Gasteiger partial charge >= 0.3 is 18.0 Å². The minimum Gasteiger partial charge on any atom is -0.481 e. The predicted molar refractivity (Wildman–Crippen MR) is 65.8 cm³/mol. The molecule has 19 heavy (non-hydrogen) atoms. The van der Waals surface area contributed by atoms with Crippen molar-refractivity contribution in [3.8, 4) is 0 Å². The fraction of sp³-hybridized carbons (Fsp3) is 0.727. The lowest BCUT2D eigenvalue weighted by Gasteiger charge is -2.28. The third-order valence-electron chi connectivity index (χ3n) is 2.42. The highest BCUT2D eigenvalue weighted by Crippen LogP contribution is 2.02. The van der Waals surface area contributed by atoms with Gasteiger partial charge in [-0.05, 0) is 20.3 Å². The molecule has 0 aromatic rings. The van der Waals surface area contributed by atoms with E-state index >= 15 is 0 Å². The van der Waals surface area contributed by atoms with E-state index in [1.54, 1.807) is 13.8 Å². The van der Waals surface area contributed by atoms with Gasteiger partial charge in [0.1, 0.15) is 6.04 Å². The van der Waals surface area contributed by atoms with Gasteiger partial charge in [-0.1, -0.05) is 0 Å². The Morgan fingerprint density at radius 3 is 2.16 bits per heavy atom. The molecule has 0 spiro atoms. The molecular weight excluding hydrogens is 256 g/mol. The van der Waals surface area contributed by atoms with Crippen molar-refractivity contribution in [3.63, 3.8) is 0 Å². The summed E-state index contributed by atoms with van der Waals surface area (Å²) in [7, 11) is 0. The van der Waals surface area contributed by atoms with E-state index in [0.717, 1.165) is 0 Å². The number of carbonyl (C=O) groups excluding carboxylic acids is 1. The largest absolute Gasteiger partial charge is 0.481 e. The number of rotatable bonds is 8. The average molecular weight is 276 g/mol. The third-order valence-corrected chi connectivity index (χ3v) is 2.42. The van der Waals surface area contributed by atoms with Gasteiger partial charge in [0.15, 0.2) is 0 Å². The molecule has 0 aromatic heterocycles. The first-order valence-corrected chi connectivity index (χ1v) is 5.92. The van der Waals surface area contributed by atoms with E-state index in [-0.39, 0.29) is 19.2 Å². The van der Waals surface area contributed by atoms with Crippen molar-refractivity contribution in [1.82, 2.24) is 10.2 Å². The standard InChI is InChI=1S/C11H20N2O6/c1-7(2)13(4-3-5-14)11(19)12-8(10(17)18)6-9(15)16/h7-8,14H,3-6H2,1-2H3,(H,12,19)(H,15,16)(H,17,18)/t8-/m0/s1. The van der Waals surface area contributed by atoms with Crippen LogP contribution in [0.3, 0.4) is 0 Å². The van der Waals surface area contributed by atoms with Gasteiger partial charge in [0.25, 0.3) is 0 Å². The van der Waals surface area contributed by atoms with Crippen LogP contribution in [0.15, 0.2) is 0 Å². The van der Waals surface area contributed by atoms with E-state index in [4.69, 9.17) is 15.3 Å². The Bertz CT molecular complexity index is 331. The summed E-state index contributed by atoms with van der Waals surface area (Å²) in [4.78, 5) is 34.6. The van der Waals surface area contributed by atoms with Crippen LogP contribution in [-0.4, -0.2) is 63.4 Å². The van der Waals surface area contributed by atoms with Gasteiger partial charge < -0.3 is 25.5 Å². The smallest absolute Gasteiger partial charge is 0.326 e. The Morgan fingerprint density at radius 1 is 1.21 bits per heavy atom. The zero-order chi connectivity index (χ0) is 15.0. The normalized spacial score (nSPS) is 12.0. The summed E-state index contributed by atoms with van der Waals surface area (Å²) in [5.41, 5.74) is 0. The van der Waals surface area contributed by atoms with E-state index in [0.29, 0.717) is 6.42 Å². The molecule has 0 aliphatic rings. The van der Waals surface area contributed by atoms with E-state index in [9.17, 15) is 14.4 Å². The first kappa shape index (κ1) is 17.2. The zero-order valence-electron chi connectivity index (χ0n) is 11.0. The van der Waals surface area contributed by atoms with Gasteiger partial charge in [0, 0.05) is 19.2 Å². The number of aliphatic carboxylic acids is 2. The van der Waals surface area contributed by atoms with Crippen LogP contribution in [0.1, 0.15) is 26.7 Å². The van der Waals surface area contributed by atoms with Crippen LogP contribution in [0.25, 0.3) is 0 Å². The van der Waals surface area contributed by atoms with E-state index < -0.39 is 30.4 Å². The molecule has 2 amide bonds. The summed E-state index contributed by atoms with van der Waals surface area (Å²) in [5.74, 6) is -2.71. The van der Waals surface area contributed by atoms with E-state index in [1.807, 2.05) is 0 Å². The predicted octanol–water partition coefficient (Wildman–Crippen LogP) is -0.283. The maximum Gasteiger partial charge on any atom is 0.326 e. The van der Waals surface area contributed by atoms with Crippen molar-refractivity contribution in [2.45, 2.75) is 38.8 Å². The Balaban J connectivity index is 4.65. The van der Waals surface area contributed by atoms with Crippen LogP contribution < -0.4 is 5.32 Å². The molecule has 4 N–H and O–H groups in total. The number of hydrogen-bond donors (Lipinski definition) is 4. The number of amides is 2. The highest BCUT2D eigenvalue weighted by molar-refractivity contribution is 5.86. The molecule has 0 aliphatic heterocycles. The first-order valence-electron chi connectivity index (χ1n) is 5.92. The highest BCUT2D eigenvalue weighted by atomic mass is 16.4. The lowest BCUT2D eigenvalue weighted by molar-refractivity contribution is -0.145. The number of carboxylic acid groups (broad SMARTS) is 2. The van der Waals surface area contributed by atoms with Gasteiger partial charge in [-0.15, -0.1) is 0 Å². The monoisotopic (exact) mass is 276 g/mol. The lowest BCUT2D eigenvalue weighted by Crippen LogP contribution is -2.51. The molecule has 0 unspecified atom stereocenters. The van der Waals surface area contributed by atoms with Crippen LogP contribution in [0.5, 0.6) is 0 Å². The van der Waals surface area contributed by atoms with Crippen molar-refractivity contribution in [2.24, 2.45) is 0 Å². The molecule has 0 saturated carbocycles. The number of carboxylic acids is 2. The Hall–Kier alpha value is -1.83. The molecule has 0 radical (unpaired) electrons. The number of hydrogen-bond acceptors (Lipinski definition) is 4. The minimum absolute atomic E-state index is 0.0893. The summed E-state index contributed by atoms with van der Waals surface area (Å²) < 4.78 is 0. The van der Waals surface area contributed by atoms with Gasteiger partial charge in [0.05, 0.1) is 6.42 Å². The van der Waals surface area contributed by atoms with Crippen molar-refractivity contribution in [3.05, 3.63) is 0 Å². The summed E-state index contributed by atoms with van der Waals surface area (Å²) in [6.07, 6.45) is -0.324. The summed E-state index contributed by atoms with van der Waals surface area (Å²) in [5, 5.41) is 28.3. The second-order valence-electron chi connectivity index (χ2n) is 4.30. The molecule has 8 heteroatoms. The molecular formula is C11H20N2O6. The second kappa shape index (κ2) is 8.30. The molecule has 110 valence electrons. The van der Waals surface area contributed by atoms with Crippen molar-refractivity contribution in [2.75, 3.05) is 13.2 Å². The lowest BCUT2D eigenvalue weighted by atomic mass is 10.2. The molecule has 0 bridgehead atoms. The highest BCUT2D eigenvalue weighted by Gasteiger charge is 2.26. The maximum absolute atomic E-state index is 11.9. The second-order valence-corrected chi connectivity index (χ2v) is 4.30. The first-order chi connectivity index (χ1) is 8.79. The summed E-state index contributed by atoms with van der Waals surface area (Å²) in [6, 6.07) is -2.32. The van der Waals surface area contributed by atoms with E-state index in [2.05, 4.69) is 5.32 Å². The molecule has 0 aromatic carbocycles. The summed E-state index contributed by atoms with van der Waals surface area (Å²) >= 11 is 0. The quantitative estimate of drug-likeness (QED) is 0.482. The minimum atomic E-state index is -1.47. The molecule has 0 rings (SSSR count). The van der Waals surface area contributed by atoms with Crippen LogP contribution in [0.4, 0.5) is 4.79 Å². The zero-order valence-corrected chi connectivity index (χ0v) is 11.0. The number of aliphatic hydroxyl groups is 1. The molecule has 0 saturated heterocycles. The summed E-state index contributed by atoms with van der Waals surface area (Å²) in [6.45, 7) is 3.65. The van der Waals surface area contributed by atoms with Gasteiger partial charge in [-0.2, -0.15) is 0 Å². The molecule has 1 atom stereocenters. The molecule has 0 aliphatic carbocycles. The van der Waals surface area contributed by atoms with Gasteiger partial charge in [-0.25, -0.2) is 9.59 Å². The van der Waals surface area contributed by atoms with Gasteiger partial charge in [0.2, 0.25) is 0 Å². The van der Waals surface area contributed by atoms with Crippen LogP contribution in [0.2, 0.25) is 0 Å². The Morgan fingerprint density at radius 2 is 1.79 bits per heavy atom. The average Bonchev–Trinajstić information content (AvgIpc) is 2.27. The number of nitrogens with one attached hydrogen (secondary N) is 1. The van der Waals surface area contributed by atoms with E-state index in [1.165, 1.54) is 4.90 Å².